The van der Waals surface area contributed by atoms with E-state index in [0.29, 0.717) is 5.92 Å². The van der Waals surface area contributed by atoms with E-state index >= 15 is 0 Å². The number of nitrogens with one attached hydrogen (secondary N) is 1. The molecule has 4 heterocycles. The Morgan fingerprint density at radius 1 is 1.25 bits per heavy atom. The van der Waals surface area contributed by atoms with Gasteiger partial charge in [0.15, 0.2) is 5.82 Å². The van der Waals surface area contributed by atoms with Crippen LogP contribution in [-0.4, -0.2) is 42.9 Å². The van der Waals surface area contributed by atoms with E-state index in [1.807, 2.05) is 17.9 Å². The van der Waals surface area contributed by atoms with E-state index in [4.69, 9.17) is 0 Å². The third-order valence-electron chi connectivity index (χ3n) is 4.53. The lowest BCUT2D eigenvalue weighted by Crippen LogP contribution is -2.20. The summed E-state index contributed by atoms with van der Waals surface area (Å²) in [6.07, 6.45) is 9.42. The van der Waals surface area contributed by atoms with Crippen LogP contribution in [-0.2, 0) is 13.0 Å². The van der Waals surface area contributed by atoms with Crippen LogP contribution in [0, 0.1) is 12.8 Å². The molecule has 0 radical (unpaired) electrons. The lowest BCUT2D eigenvalue weighted by molar-refractivity contribution is 0.318. The van der Waals surface area contributed by atoms with Gasteiger partial charge in [-0.1, -0.05) is 0 Å². The van der Waals surface area contributed by atoms with Crippen molar-refractivity contribution in [1.82, 2.24) is 29.8 Å². The molecule has 124 valence electrons. The fourth-order valence-electron chi connectivity index (χ4n) is 3.19. The Kier molecular flexibility index (Phi) is 4.36. The van der Waals surface area contributed by atoms with E-state index in [-0.39, 0.29) is 0 Å². The van der Waals surface area contributed by atoms with Crippen molar-refractivity contribution in [3.8, 4) is 11.5 Å². The van der Waals surface area contributed by atoms with Crippen LogP contribution in [0.25, 0.3) is 11.5 Å². The Labute approximate surface area is 145 Å². The van der Waals surface area contributed by atoms with Gasteiger partial charge >= 0.3 is 0 Å². The number of aromatic nitrogens is 5. The second-order valence-electron chi connectivity index (χ2n) is 6.29. The number of imidazole rings is 1. The number of H-pyrrole nitrogens is 1. The molecule has 0 spiro atoms. The molecule has 3 aromatic heterocycles. The van der Waals surface area contributed by atoms with Gasteiger partial charge in [0.2, 0.25) is 0 Å². The van der Waals surface area contributed by atoms with Gasteiger partial charge in [-0.05, 0) is 32.2 Å². The summed E-state index contributed by atoms with van der Waals surface area (Å²) in [4.78, 5) is 24.5. The molecule has 24 heavy (non-hydrogen) atoms. The summed E-state index contributed by atoms with van der Waals surface area (Å²) in [6.45, 7) is 5.39. The number of aromatic amines is 1. The number of thiazole rings is 1. The molecule has 1 fully saturated rings. The molecular weight excluding hydrogens is 320 g/mol. The Balaban J connectivity index is 1.34. The summed E-state index contributed by atoms with van der Waals surface area (Å²) in [5.74, 6) is 1.42. The molecule has 1 N–H and O–H groups in total. The van der Waals surface area contributed by atoms with Crippen LogP contribution in [0.5, 0.6) is 0 Å². The van der Waals surface area contributed by atoms with Gasteiger partial charge in [0, 0.05) is 36.6 Å². The summed E-state index contributed by atoms with van der Waals surface area (Å²) < 4.78 is 0. The van der Waals surface area contributed by atoms with Crippen molar-refractivity contribution in [3.63, 3.8) is 0 Å². The minimum absolute atomic E-state index is 0.655. The van der Waals surface area contributed by atoms with Crippen LogP contribution >= 0.6 is 11.3 Å². The third-order valence-corrected chi connectivity index (χ3v) is 5.45. The Morgan fingerprint density at radius 3 is 2.92 bits per heavy atom. The van der Waals surface area contributed by atoms with Crippen molar-refractivity contribution >= 4 is 11.3 Å². The van der Waals surface area contributed by atoms with E-state index in [9.17, 15) is 0 Å². The maximum atomic E-state index is 4.56. The fourth-order valence-corrected chi connectivity index (χ4v) is 4.01. The molecule has 0 bridgehead atoms. The molecule has 1 aliphatic rings. The van der Waals surface area contributed by atoms with Crippen LogP contribution in [0.3, 0.4) is 0 Å². The molecule has 7 heteroatoms. The summed E-state index contributed by atoms with van der Waals surface area (Å²) >= 11 is 1.76. The molecular formula is C17H20N6S. The topological polar surface area (TPSA) is 70.6 Å². The predicted molar refractivity (Wildman–Crippen MR) is 93.6 cm³/mol. The van der Waals surface area contributed by atoms with Crippen molar-refractivity contribution in [1.29, 1.82) is 0 Å². The van der Waals surface area contributed by atoms with Gasteiger partial charge in [0.25, 0.3) is 0 Å². The third kappa shape index (κ3) is 3.37. The van der Waals surface area contributed by atoms with Crippen LogP contribution < -0.4 is 0 Å². The Morgan fingerprint density at radius 2 is 2.21 bits per heavy atom. The predicted octanol–water partition coefficient (Wildman–Crippen LogP) is 2.70. The van der Waals surface area contributed by atoms with Gasteiger partial charge < -0.3 is 4.98 Å². The van der Waals surface area contributed by atoms with Crippen molar-refractivity contribution in [2.45, 2.75) is 26.3 Å². The Hall–Kier alpha value is -2.12. The maximum absolute atomic E-state index is 4.56. The molecule has 4 rings (SSSR count). The fraction of sp³-hybridized carbons (Fsp3) is 0.412. The van der Waals surface area contributed by atoms with E-state index in [1.165, 1.54) is 17.0 Å². The number of rotatable bonds is 5. The second-order valence-corrected chi connectivity index (χ2v) is 7.22. The first-order valence-electron chi connectivity index (χ1n) is 8.20. The average Bonchev–Trinajstić information content (AvgIpc) is 3.33. The zero-order chi connectivity index (χ0) is 16.4. The van der Waals surface area contributed by atoms with Gasteiger partial charge in [0.1, 0.15) is 5.69 Å². The lowest BCUT2D eigenvalue weighted by atomic mass is 10.0. The highest BCUT2D eigenvalue weighted by molar-refractivity contribution is 7.09. The molecule has 1 aliphatic heterocycles. The SMILES string of the molecule is Cc1ncsc1CN1CC[C@H](Cc2cnc(-c3ncc[nH]3)cn2)C1. The zero-order valence-corrected chi connectivity index (χ0v) is 14.5. The molecule has 0 amide bonds. The summed E-state index contributed by atoms with van der Waals surface area (Å²) in [5.41, 5.74) is 4.96. The van der Waals surface area contributed by atoms with E-state index in [2.05, 4.69) is 36.7 Å². The van der Waals surface area contributed by atoms with Crippen molar-refractivity contribution in [2.24, 2.45) is 5.92 Å². The quantitative estimate of drug-likeness (QED) is 0.773. The minimum Gasteiger partial charge on any atom is -0.343 e. The second kappa shape index (κ2) is 6.78. The molecule has 0 unspecified atom stereocenters. The molecule has 0 aromatic carbocycles. The Bertz CT molecular complexity index is 780. The first-order valence-corrected chi connectivity index (χ1v) is 9.08. The van der Waals surface area contributed by atoms with Gasteiger partial charge in [-0.25, -0.2) is 15.0 Å². The standard InChI is InChI=1S/C17H20N6S/c1-12-16(24-11-22-12)10-23-5-2-13(9-23)6-14-7-21-15(8-20-14)17-18-3-4-19-17/h3-4,7-8,11,13H,2,5-6,9-10H2,1H3,(H,18,19)/t13-/m1/s1. The number of likely N-dealkylation sites (tertiary alicyclic amines) is 1. The van der Waals surface area contributed by atoms with E-state index in [1.54, 1.807) is 23.7 Å². The van der Waals surface area contributed by atoms with Crippen molar-refractivity contribution in [3.05, 3.63) is 46.6 Å². The smallest absolute Gasteiger partial charge is 0.157 e. The lowest BCUT2D eigenvalue weighted by Gasteiger charge is -2.15. The average molecular weight is 340 g/mol. The highest BCUT2D eigenvalue weighted by Crippen LogP contribution is 2.24. The number of hydrogen-bond acceptors (Lipinski definition) is 6. The number of nitrogens with zero attached hydrogens (tertiary/aromatic N) is 5. The minimum atomic E-state index is 0.655. The summed E-state index contributed by atoms with van der Waals surface area (Å²) in [6, 6.07) is 0. The molecule has 0 aliphatic carbocycles. The van der Waals surface area contributed by atoms with Crippen LogP contribution in [0.1, 0.15) is 22.7 Å². The largest absolute Gasteiger partial charge is 0.343 e. The summed E-state index contributed by atoms with van der Waals surface area (Å²) in [5, 5.41) is 0. The first kappa shape index (κ1) is 15.4. The van der Waals surface area contributed by atoms with Crippen molar-refractivity contribution < 1.29 is 0 Å². The van der Waals surface area contributed by atoms with Crippen LogP contribution in [0.15, 0.2) is 30.3 Å². The molecule has 0 saturated carbocycles. The number of hydrogen-bond donors (Lipinski definition) is 1. The maximum Gasteiger partial charge on any atom is 0.157 e. The highest BCUT2D eigenvalue weighted by Gasteiger charge is 2.24. The zero-order valence-electron chi connectivity index (χ0n) is 13.6. The molecule has 3 aromatic rings. The molecule has 1 saturated heterocycles. The van der Waals surface area contributed by atoms with Gasteiger partial charge in [-0.3, -0.25) is 9.88 Å². The van der Waals surface area contributed by atoms with Crippen LogP contribution in [0.4, 0.5) is 0 Å². The van der Waals surface area contributed by atoms with Crippen LogP contribution in [0.2, 0.25) is 0 Å². The number of aryl methyl sites for hydroxylation is 1. The van der Waals surface area contributed by atoms with E-state index < -0.39 is 0 Å². The molecule has 6 nitrogen and oxygen atoms in total. The molecule has 1 atom stereocenters. The van der Waals surface area contributed by atoms with Gasteiger partial charge in [0.05, 0.1) is 23.1 Å². The highest BCUT2D eigenvalue weighted by atomic mass is 32.1. The van der Waals surface area contributed by atoms with Gasteiger partial charge in [-0.15, -0.1) is 11.3 Å². The first-order chi connectivity index (χ1) is 11.8. The van der Waals surface area contributed by atoms with E-state index in [0.717, 1.165) is 43.3 Å². The van der Waals surface area contributed by atoms with Gasteiger partial charge in [-0.2, -0.15) is 0 Å². The normalized spacial score (nSPS) is 18.3. The monoisotopic (exact) mass is 340 g/mol. The van der Waals surface area contributed by atoms with Crippen molar-refractivity contribution in [2.75, 3.05) is 13.1 Å². The summed E-state index contributed by atoms with van der Waals surface area (Å²) in [7, 11) is 0.